The molecule has 0 aliphatic heterocycles. The summed E-state index contributed by atoms with van der Waals surface area (Å²) in [6.07, 6.45) is 3.41. The molecule has 0 heterocycles. The third kappa shape index (κ3) is 7.30. The van der Waals surface area contributed by atoms with E-state index in [1.54, 1.807) is 0 Å². The van der Waals surface area contributed by atoms with Crippen molar-refractivity contribution >= 4 is 15.9 Å². The van der Waals surface area contributed by atoms with Crippen LogP contribution in [0.5, 0.6) is 5.75 Å². The van der Waals surface area contributed by atoms with Crippen LogP contribution in [0, 0.1) is 6.92 Å². The van der Waals surface area contributed by atoms with E-state index in [0.717, 1.165) is 48.3 Å². The maximum absolute atomic E-state index is 5.95. The molecule has 0 fully saturated rings. The first-order valence-electron chi connectivity index (χ1n) is 7.89. The van der Waals surface area contributed by atoms with Crippen LogP contribution >= 0.6 is 15.9 Å². The van der Waals surface area contributed by atoms with Crippen molar-refractivity contribution in [2.75, 3.05) is 26.4 Å². The first-order chi connectivity index (χ1) is 10.2. The molecule has 0 aliphatic rings. The number of hydrogen-bond acceptors (Lipinski definition) is 3. The van der Waals surface area contributed by atoms with E-state index >= 15 is 0 Å². The lowest BCUT2D eigenvalue weighted by molar-refractivity contribution is 0.0974. The van der Waals surface area contributed by atoms with Crippen LogP contribution in [0.25, 0.3) is 0 Å². The number of halogens is 1. The van der Waals surface area contributed by atoms with E-state index < -0.39 is 0 Å². The van der Waals surface area contributed by atoms with Crippen molar-refractivity contribution in [1.29, 1.82) is 0 Å². The van der Waals surface area contributed by atoms with Crippen LogP contribution in [-0.4, -0.2) is 26.4 Å². The molecule has 0 unspecified atom stereocenters. The molecule has 0 aromatic heterocycles. The summed E-state index contributed by atoms with van der Waals surface area (Å²) in [5, 5.41) is 3.43. The molecule has 1 aromatic carbocycles. The highest BCUT2D eigenvalue weighted by molar-refractivity contribution is 9.10. The number of unbranched alkanes of at least 4 members (excludes halogenated alkanes) is 1. The fraction of sp³-hybridized carbons (Fsp3) is 0.647. The zero-order chi connectivity index (χ0) is 15.5. The van der Waals surface area contributed by atoms with Crippen molar-refractivity contribution in [2.24, 2.45) is 0 Å². The highest BCUT2D eigenvalue weighted by atomic mass is 79.9. The molecule has 0 spiro atoms. The largest absolute Gasteiger partial charge is 0.491 e. The van der Waals surface area contributed by atoms with Crippen LogP contribution in [0.1, 0.15) is 44.2 Å². The summed E-state index contributed by atoms with van der Waals surface area (Å²) in [7, 11) is 0. The van der Waals surface area contributed by atoms with Gasteiger partial charge in [-0.1, -0.05) is 36.2 Å². The SMILES string of the molecule is CCCCOCCOc1c(C)cc(Br)cc1CNCCC. The van der Waals surface area contributed by atoms with Gasteiger partial charge in [-0.3, -0.25) is 0 Å². The first kappa shape index (κ1) is 18.5. The van der Waals surface area contributed by atoms with E-state index in [9.17, 15) is 0 Å². The molecule has 3 nitrogen and oxygen atoms in total. The summed E-state index contributed by atoms with van der Waals surface area (Å²) in [6.45, 7) is 10.4. The molecule has 0 aliphatic carbocycles. The van der Waals surface area contributed by atoms with Gasteiger partial charge in [-0.2, -0.15) is 0 Å². The van der Waals surface area contributed by atoms with Gasteiger partial charge in [0.25, 0.3) is 0 Å². The molecule has 21 heavy (non-hydrogen) atoms. The van der Waals surface area contributed by atoms with Gasteiger partial charge in [0, 0.05) is 23.2 Å². The number of ether oxygens (including phenoxy) is 2. The molecule has 1 N–H and O–H groups in total. The van der Waals surface area contributed by atoms with Gasteiger partial charge in [0.15, 0.2) is 0 Å². The summed E-state index contributed by atoms with van der Waals surface area (Å²) in [5.74, 6) is 0.987. The average Bonchev–Trinajstić information content (AvgIpc) is 2.45. The van der Waals surface area contributed by atoms with Crippen LogP contribution in [0.3, 0.4) is 0 Å². The molecule has 1 aromatic rings. The van der Waals surface area contributed by atoms with Crippen molar-refractivity contribution in [3.63, 3.8) is 0 Å². The minimum absolute atomic E-state index is 0.604. The Morgan fingerprint density at radius 3 is 2.62 bits per heavy atom. The van der Waals surface area contributed by atoms with E-state index in [4.69, 9.17) is 9.47 Å². The van der Waals surface area contributed by atoms with Gasteiger partial charge < -0.3 is 14.8 Å². The predicted molar refractivity (Wildman–Crippen MR) is 92.1 cm³/mol. The van der Waals surface area contributed by atoms with Crippen molar-refractivity contribution in [1.82, 2.24) is 5.32 Å². The smallest absolute Gasteiger partial charge is 0.126 e. The van der Waals surface area contributed by atoms with Gasteiger partial charge in [0.2, 0.25) is 0 Å². The van der Waals surface area contributed by atoms with E-state index in [0.29, 0.717) is 13.2 Å². The van der Waals surface area contributed by atoms with Gasteiger partial charge in [-0.25, -0.2) is 0 Å². The molecule has 0 radical (unpaired) electrons. The second-order valence-electron chi connectivity index (χ2n) is 5.20. The minimum Gasteiger partial charge on any atom is -0.491 e. The Morgan fingerprint density at radius 2 is 1.90 bits per heavy atom. The van der Waals surface area contributed by atoms with E-state index in [1.807, 2.05) is 0 Å². The van der Waals surface area contributed by atoms with E-state index in [-0.39, 0.29) is 0 Å². The highest BCUT2D eigenvalue weighted by Gasteiger charge is 2.09. The van der Waals surface area contributed by atoms with Gasteiger partial charge in [0.05, 0.1) is 6.61 Å². The second-order valence-corrected chi connectivity index (χ2v) is 6.12. The standard InChI is InChI=1S/C17H28BrNO2/c1-4-6-8-20-9-10-21-17-14(3)11-16(18)12-15(17)13-19-7-5-2/h11-12,19H,4-10,13H2,1-3H3. The normalized spacial score (nSPS) is 10.9. The lowest BCUT2D eigenvalue weighted by atomic mass is 10.1. The Hall–Kier alpha value is -0.580. The lowest BCUT2D eigenvalue weighted by Crippen LogP contribution is -2.16. The lowest BCUT2D eigenvalue weighted by Gasteiger charge is -2.15. The number of hydrogen-bond donors (Lipinski definition) is 1. The summed E-state index contributed by atoms with van der Waals surface area (Å²) in [5.41, 5.74) is 2.36. The second kappa shape index (κ2) is 11.0. The molecule has 4 heteroatoms. The molecule has 0 atom stereocenters. The Kier molecular flexibility index (Phi) is 9.72. The molecular formula is C17H28BrNO2. The molecule has 0 amide bonds. The third-order valence-corrected chi connectivity index (χ3v) is 3.63. The van der Waals surface area contributed by atoms with Gasteiger partial charge >= 0.3 is 0 Å². The number of aryl methyl sites for hydroxylation is 1. The molecular weight excluding hydrogens is 330 g/mol. The third-order valence-electron chi connectivity index (χ3n) is 3.17. The molecule has 0 bridgehead atoms. The Morgan fingerprint density at radius 1 is 1.10 bits per heavy atom. The van der Waals surface area contributed by atoms with Gasteiger partial charge in [0.1, 0.15) is 12.4 Å². The van der Waals surface area contributed by atoms with Gasteiger partial charge in [-0.15, -0.1) is 0 Å². The van der Waals surface area contributed by atoms with Crippen molar-refractivity contribution in [3.8, 4) is 5.75 Å². The van der Waals surface area contributed by atoms with Crippen LogP contribution < -0.4 is 10.1 Å². The van der Waals surface area contributed by atoms with E-state index in [2.05, 4.69) is 54.2 Å². The minimum atomic E-state index is 0.604. The Balaban J connectivity index is 2.53. The van der Waals surface area contributed by atoms with Crippen molar-refractivity contribution < 1.29 is 9.47 Å². The van der Waals surface area contributed by atoms with Gasteiger partial charge in [-0.05, 0) is 44.0 Å². The first-order valence-corrected chi connectivity index (χ1v) is 8.68. The summed E-state index contributed by atoms with van der Waals surface area (Å²) < 4.78 is 12.6. The van der Waals surface area contributed by atoms with Crippen LogP contribution in [0.4, 0.5) is 0 Å². The summed E-state index contributed by atoms with van der Waals surface area (Å²) >= 11 is 3.56. The van der Waals surface area contributed by atoms with E-state index in [1.165, 1.54) is 12.0 Å². The fourth-order valence-electron chi connectivity index (χ4n) is 2.09. The number of benzene rings is 1. The predicted octanol–water partition coefficient (Wildman–Crippen LogP) is 4.45. The maximum atomic E-state index is 5.95. The fourth-order valence-corrected chi connectivity index (χ4v) is 2.71. The Labute approximate surface area is 137 Å². The molecule has 120 valence electrons. The summed E-state index contributed by atoms with van der Waals surface area (Å²) in [6, 6.07) is 4.22. The zero-order valence-corrected chi connectivity index (χ0v) is 15.1. The number of nitrogens with one attached hydrogen (secondary N) is 1. The maximum Gasteiger partial charge on any atom is 0.126 e. The molecule has 0 saturated carbocycles. The quantitative estimate of drug-likeness (QED) is 0.593. The average molecular weight is 358 g/mol. The van der Waals surface area contributed by atoms with Crippen molar-refractivity contribution in [3.05, 3.63) is 27.7 Å². The number of rotatable bonds is 11. The summed E-state index contributed by atoms with van der Waals surface area (Å²) in [4.78, 5) is 0. The zero-order valence-electron chi connectivity index (χ0n) is 13.5. The van der Waals surface area contributed by atoms with Crippen LogP contribution in [-0.2, 0) is 11.3 Å². The molecule has 1 rings (SSSR count). The molecule has 0 saturated heterocycles. The topological polar surface area (TPSA) is 30.5 Å². The monoisotopic (exact) mass is 357 g/mol. The Bertz CT molecular complexity index is 410. The highest BCUT2D eigenvalue weighted by Crippen LogP contribution is 2.28. The van der Waals surface area contributed by atoms with Crippen molar-refractivity contribution in [2.45, 2.75) is 46.6 Å². The van der Waals surface area contributed by atoms with Crippen LogP contribution in [0.2, 0.25) is 0 Å². The van der Waals surface area contributed by atoms with Crippen LogP contribution in [0.15, 0.2) is 16.6 Å².